The fourth-order valence-corrected chi connectivity index (χ4v) is 6.77. The Bertz CT molecular complexity index is 1100. The minimum atomic E-state index is -0.591. The molecule has 1 aromatic rings. The first-order chi connectivity index (χ1) is 16.8. The van der Waals surface area contributed by atoms with Crippen molar-refractivity contribution < 1.29 is 23.8 Å². The topological polar surface area (TPSA) is 72.8 Å². The van der Waals surface area contributed by atoms with Crippen LogP contribution in [0.1, 0.15) is 68.4 Å². The number of fused-ring (bicyclic) bond motifs is 2. The molecular weight excluding hydrogens is 450 g/mol. The Morgan fingerprint density at radius 2 is 1.80 bits per heavy atom. The molecule has 0 bridgehead atoms. The Hall–Kier alpha value is -2.51. The lowest BCUT2D eigenvalue weighted by Gasteiger charge is -2.42. The van der Waals surface area contributed by atoms with Crippen molar-refractivity contribution in [2.45, 2.75) is 62.7 Å². The van der Waals surface area contributed by atoms with E-state index in [1.807, 2.05) is 6.08 Å². The Labute approximate surface area is 205 Å². The summed E-state index contributed by atoms with van der Waals surface area (Å²) in [4.78, 5) is 15.1. The summed E-state index contributed by atoms with van der Waals surface area (Å²) in [5.74, 6) is -0.820. The van der Waals surface area contributed by atoms with Crippen LogP contribution in [-0.2, 0) is 10.2 Å². The van der Waals surface area contributed by atoms with Crippen molar-refractivity contribution in [3.05, 3.63) is 70.1 Å². The lowest BCUT2D eigenvalue weighted by atomic mass is 9.72. The van der Waals surface area contributed by atoms with Gasteiger partial charge in [-0.3, -0.25) is 4.79 Å². The minimum Gasteiger partial charge on any atom is -0.396 e. The van der Waals surface area contributed by atoms with Crippen molar-refractivity contribution in [1.29, 1.82) is 0 Å². The Balaban J connectivity index is 1.38. The summed E-state index contributed by atoms with van der Waals surface area (Å²) in [7, 11) is 0. The first kappa shape index (κ1) is 24.2. The lowest BCUT2D eigenvalue weighted by molar-refractivity contribution is -0.117. The number of carbonyl (C=O) groups excluding carboxylic acids is 1. The van der Waals surface area contributed by atoms with Gasteiger partial charge in [-0.05, 0) is 91.7 Å². The highest BCUT2D eigenvalue weighted by Gasteiger charge is 2.48. The van der Waals surface area contributed by atoms with Gasteiger partial charge in [-0.25, -0.2) is 8.78 Å². The van der Waals surface area contributed by atoms with Gasteiger partial charge < -0.3 is 20.4 Å². The summed E-state index contributed by atoms with van der Waals surface area (Å²) in [5, 5.41) is 22.3. The van der Waals surface area contributed by atoms with Crippen LogP contribution in [0.3, 0.4) is 0 Å². The van der Waals surface area contributed by atoms with Crippen molar-refractivity contribution in [2.24, 2.45) is 5.92 Å². The van der Waals surface area contributed by atoms with Gasteiger partial charge in [0.15, 0.2) is 0 Å². The summed E-state index contributed by atoms with van der Waals surface area (Å²) in [5.41, 5.74) is 3.65. The molecule has 1 spiro atoms. The molecule has 2 heterocycles. The van der Waals surface area contributed by atoms with Crippen LogP contribution in [0, 0.1) is 17.6 Å². The highest BCUT2D eigenvalue weighted by molar-refractivity contribution is 5.97. The Morgan fingerprint density at radius 1 is 1.11 bits per heavy atom. The maximum absolute atomic E-state index is 15.2. The van der Waals surface area contributed by atoms with Gasteiger partial charge in [0.05, 0.1) is 0 Å². The minimum absolute atomic E-state index is 0.0447. The van der Waals surface area contributed by atoms with Crippen LogP contribution in [0.15, 0.2) is 47.3 Å². The molecular formula is C28H34F2N2O3. The average Bonchev–Trinajstić information content (AvgIpc) is 3.07. The number of amides is 1. The summed E-state index contributed by atoms with van der Waals surface area (Å²) in [6.45, 7) is 5.19. The quantitative estimate of drug-likeness (QED) is 0.587. The second-order valence-electron chi connectivity index (χ2n) is 10.7. The van der Waals surface area contributed by atoms with Gasteiger partial charge in [0.25, 0.3) is 5.91 Å². The van der Waals surface area contributed by atoms with Crippen molar-refractivity contribution in [2.75, 3.05) is 26.3 Å². The van der Waals surface area contributed by atoms with Crippen molar-refractivity contribution in [3.63, 3.8) is 0 Å². The van der Waals surface area contributed by atoms with Gasteiger partial charge in [-0.1, -0.05) is 6.58 Å². The summed E-state index contributed by atoms with van der Waals surface area (Å²) >= 11 is 0. The van der Waals surface area contributed by atoms with Gasteiger partial charge in [0, 0.05) is 49.3 Å². The first-order valence-electron chi connectivity index (χ1n) is 12.8. The van der Waals surface area contributed by atoms with Crippen molar-refractivity contribution >= 4 is 5.91 Å². The van der Waals surface area contributed by atoms with Crippen LogP contribution in [-0.4, -0.2) is 47.3 Å². The molecule has 0 radical (unpaired) electrons. The number of nitrogens with zero attached hydrogens (tertiary/aromatic N) is 1. The molecule has 5 nitrogen and oxygen atoms in total. The van der Waals surface area contributed by atoms with Gasteiger partial charge in [-0.15, -0.1) is 0 Å². The molecule has 1 aromatic carbocycles. The third-order valence-electron chi connectivity index (χ3n) is 8.57. The maximum Gasteiger partial charge on any atom is 0.252 e. The van der Waals surface area contributed by atoms with Crippen LogP contribution < -0.4 is 5.32 Å². The summed E-state index contributed by atoms with van der Waals surface area (Å²) in [6.07, 6.45) is 8.23. The summed E-state index contributed by atoms with van der Waals surface area (Å²) < 4.78 is 29.4. The van der Waals surface area contributed by atoms with Gasteiger partial charge in [-0.2, -0.15) is 0 Å². The van der Waals surface area contributed by atoms with Gasteiger partial charge >= 0.3 is 0 Å². The van der Waals surface area contributed by atoms with E-state index in [0.29, 0.717) is 49.9 Å². The molecule has 0 aromatic heterocycles. The molecule has 1 atom stereocenters. The van der Waals surface area contributed by atoms with E-state index in [1.54, 1.807) is 0 Å². The zero-order chi connectivity index (χ0) is 24.7. The normalized spacial score (nSPS) is 23.9. The number of hydrogen-bond acceptors (Lipinski definition) is 4. The average molecular weight is 485 g/mol. The Kier molecular flexibility index (Phi) is 6.57. The molecule has 2 aliphatic carbocycles. The van der Waals surface area contributed by atoms with Gasteiger partial charge in [0.2, 0.25) is 0 Å². The predicted molar refractivity (Wildman–Crippen MR) is 129 cm³/mol. The standard InChI is InChI=1S/C28H34F2N2O3/c1-17-10-25(31-27(35)22-5-3-2-4-21(17)22)32-8-6-28(7-9-32)14-19(11-18(15-33)16-34)23-12-20(29)13-24(30)26(23)28/h10,12-13,18-19,33-34H,1-9,11,14-16H2,(H,31,35). The third kappa shape index (κ3) is 4.33. The SMILES string of the molecule is C=C1C=C(N2CCC3(CC2)CC(CC(CO)CO)c2cc(F)cc(F)c23)NC(=O)C2=C1CCCC2. The fourth-order valence-electron chi connectivity index (χ4n) is 6.77. The van der Waals surface area contributed by atoms with E-state index in [4.69, 9.17) is 0 Å². The number of aliphatic hydroxyl groups is 2. The van der Waals surface area contributed by atoms with E-state index in [0.717, 1.165) is 54.3 Å². The van der Waals surface area contributed by atoms with E-state index in [9.17, 15) is 19.4 Å². The van der Waals surface area contributed by atoms with E-state index in [1.165, 1.54) is 6.07 Å². The molecule has 1 unspecified atom stereocenters. The molecule has 188 valence electrons. The second-order valence-corrected chi connectivity index (χ2v) is 10.7. The number of likely N-dealkylation sites (tertiary alicyclic amines) is 1. The van der Waals surface area contributed by atoms with E-state index < -0.39 is 17.0 Å². The molecule has 4 aliphatic rings. The number of aliphatic hydroxyl groups excluding tert-OH is 2. The number of halogens is 2. The number of rotatable bonds is 5. The first-order valence-corrected chi connectivity index (χ1v) is 12.8. The number of hydrogen-bond donors (Lipinski definition) is 3. The number of carbonyl (C=O) groups is 1. The molecule has 35 heavy (non-hydrogen) atoms. The third-order valence-corrected chi connectivity index (χ3v) is 8.57. The predicted octanol–water partition coefficient (Wildman–Crippen LogP) is 4.17. The zero-order valence-electron chi connectivity index (χ0n) is 20.1. The number of benzene rings is 1. The molecule has 7 heteroatoms. The van der Waals surface area contributed by atoms with E-state index in [2.05, 4.69) is 16.8 Å². The molecule has 1 amide bonds. The van der Waals surface area contributed by atoms with Crippen molar-refractivity contribution in [3.8, 4) is 0 Å². The maximum atomic E-state index is 15.2. The molecule has 2 aliphatic heterocycles. The van der Waals surface area contributed by atoms with Crippen molar-refractivity contribution in [1.82, 2.24) is 10.2 Å². The van der Waals surface area contributed by atoms with Gasteiger partial charge in [0.1, 0.15) is 17.5 Å². The largest absolute Gasteiger partial charge is 0.396 e. The highest BCUT2D eigenvalue weighted by atomic mass is 19.1. The Morgan fingerprint density at radius 3 is 2.49 bits per heavy atom. The summed E-state index contributed by atoms with van der Waals surface area (Å²) in [6, 6.07) is 2.41. The number of allylic oxidation sites excluding steroid dienone is 3. The molecule has 0 saturated carbocycles. The lowest BCUT2D eigenvalue weighted by Crippen LogP contribution is -2.45. The van der Waals surface area contributed by atoms with Crippen LogP contribution in [0.2, 0.25) is 0 Å². The highest BCUT2D eigenvalue weighted by Crippen LogP contribution is 2.54. The molecule has 3 N–H and O–H groups in total. The number of piperidine rings is 1. The van der Waals surface area contributed by atoms with E-state index in [-0.39, 0.29) is 31.0 Å². The van der Waals surface area contributed by atoms with Crippen LogP contribution >= 0.6 is 0 Å². The molecule has 1 fully saturated rings. The molecule has 1 saturated heterocycles. The number of nitrogens with one attached hydrogen (secondary N) is 1. The second kappa shape index (κ2) is 9.51. The molecule has 5 rings (SSSR count). The monoisotopic (exact) mass is 484 g/mol. The van der Waals surface area contributed by atoms with Crippen LogP contribution in [0.4, 0.5) is 8.78 Å². The zero-order valence-corrected chi connectivity index (χ0v) is 20.1. The fraction of sp³-hybridized carbons (Fsp3) is 0.536. The smallest absolute Gasteiger partial charge is 0.252 e. The van der Waals surface area contributed by atoms with Crippen LogP contribution in [0.5, 0.6) is 0 Å². The van der Waals surface area contributed by atoms with Crippen LogP contribution in [0.25, 0.3) is 0 Å². The van der Waals surface area contributed by atoms with E-state index >= 15 is 4.39 Å².